The summed E-state index contributed by atoms with van der Waals surface area (Å²) in [6.07, 6.45) is 1.98. The summed E-state index contributed by atoms with van der Waals surface area (Å²) < 4.78 is 0. The Morgan fingerprint density at radius 3 is 1.80 bits per heavy atom. The van der Waals surface area contributed by atoms with Crippen LogP contribution in [0.3, 0.4) is 0 Å². The van der Waals surface area contributed by atoms with Crippen molar-refractivity contribution in [1.82, 2.24) is 4.90 Å². The van der Waals surface area contributed by atoms with E-state index in [1.165, 1.54) is 0 Å². The van der Waals surface area contributed by atoms with Gasteiger partial charge in [0.25, 0.3) is 0 Å². The fraction of sp³-hybridized carbons (Fsp3) is 0.923. The van der Waals surface area contributed by atoms with E-state index < -0.39 is 0 Å². The average molecular weight is 211 g/mol. The number of hydrogen-bond donors (Lipinski definition) is 0. The molecule has 0 atom stereocenters. The van der Waals surface area contributed by atoms with Crippen molar-refractivity contribution in [2.24, 2.45) is 10.8 Å². The second-order valence-corrected chi connectivity index (χ2v) is 6.03. The molecule has 2 heteroatoms. The highest BCUT2D eigenvalue weighted by molar-refractivity contribution is 5.89. The summed E-state index contributed by atoms with van der Waals surface area (Å²) in [5, 5.41) is 0. The Bertz CT molecular complexity index is 221. The van der Waals surface area contributed by atoms with Crippen molar-refractivity contribution < 1.29 is 4.79 Å². The summed E-state index contributed by atoms with van der Waals surface area (Å²) in [6, 6.07) is 0. The fourth-order valence-electron chi connectivity index (χ4n) is 2.45. The van der Waals surface area contributed by atoms with Gasteiger partial charge in [-0.2, -0.15) is 0 Å². The van der Waals surface area contributed by atoms with Crippen LogP contribution < -0.4 is 0 Å². The predicted molar refractivity (Wildman–Crippen MR) is 63.9 cm³/mol. The molecule has 15 heavy (non-hydrogen) atoms. The number of hydrogen-bond acceptors (Lipinski definition) is 2. The minimum atomic E-state index is -0.155. The van der Waals surface area contributed by atoms with Gasteiger partial charge in [-0.15, -0.1) is 0 Å². The Morgan fingerprint density at radius 2 is 1.47 bits per heavy atom. The zero-order chi connectivity index (χ0) is 11.7. The zero-order valence-electron chi connectivity index (χ0n) is 10.9. The first-order valence-corrected chi connectivity index (χ1v) is 6.07. The largest absolute Gasteiger partial charge is 0.304 e. The summed E-state index contributed by atoms with van der Waals surface area (Å²) in [7, 11) is 0. The van der Waals surface area contributed by atoms with Crippen molar-refractivity contribution in [2.45, 2.75) is 47.5 Å². The molecule has 0 amide bonds. The number of likely N-dealkylation sites (tertiary alicyclic amines) is 1. The van der Waals surface area contributed by atoms with E-state index in [9.17, 15) is 4.79 Å². The maximum absolute atomic E-state index is 12.3. The van der Waals surface area contributed by atoms with Gasteiger partial charge in [0.2, 0.25) is 0 Å². The minimum Gasteiger partial charge on any atom is -0.304 e. The van der Waals surface area contributed by atoms with E-state index in [0.29, 0.717) is 5.78 Å². The standard InChI is InChI=1S/C13H25NO/c1-6-14-9-7-12(2,3)11(15)13(4,5)8-10-14/h6-10H2,1-5H3. The molecule has 1 aliphatic rings. The SMILES string of the molecule is CCN1CCC(C)(C)C(=O)C(C)(C)CC1. The van der Waals surface area contributed by atoms with Crippen LogP contribution in [0.25, 0.3) is 0 Å². The van der Waals surface area contributed by atoms with Crippen LogP contribution in [0.1, 0.15) is 47.5 Å². The van der Waals surface area contributed by atoms with E-state index >= 15 is 0 Å². The van der Waals surface area contributed by atoms with Crippen molar-refractivity contribution in [3.63, 3.8) is 0 Å². The van der Waals surface area contributed by atoms with Crippen LogP contribution in [0, 0.1) is 10.8 Å². The lowest BCUT2D eigenvalue weighted by Gasteiger charge is -2.39. The molecule has 1 rings (SSSR count). The Hall–Kier alpha value is -0.370. The van der Waals surface area contributed by atoms with Gasteiger partial charge in [0.1, 0.15) is 5.78 Å². The summed E-state index contributed by atoms with van der Waals surface area (Å²) in [5.74, 6) is 0.436. The van der Waals surface area contributed by atoms with Crippen LogP contribution in [-0.4, -0.2) is 30.3 Å². The molecule has 1 saturated heterocycles. The molecular formula is C13H25NO. The molecule has 0 aliphatic carbocycles. The molecule has 0 spiro atoms. The first kappa shape index (κ1) is 12.7. The second-order valence-electron chi connectivity index (χ2n) is 6.03. The molecule has 2 nitrogen and oxygen atoms in total. The average Bonchev–Trinajstić information content (AvgIpc) is 2.15. The van der Waals surface area contributed by atoms with Crippen LogP contribution in [0.2, 0.25) is 0 Å². The molecule has 0 bridgehead atoms. The van der Waals surface area contributed by atoms with Gasteiger partial charge in [-0.3, -0.25) is 4.79 Å². The van der Waals surface area contributed by atoms with Gasteiger partial charge in [0, 0.05) is 10.8 Å². The van der Waals surface area contributed by atoms with Crippen molar-refractivity contribution >= 4 is 5.78 Å². The minimum absolute atomic E-state index is 0.155. The Kier molecular flexibility index (Phi) is 3.59. The molecule has 0 radical (unpaired) electrons. The number of ketones is 1. The van der Waals surface area contributed by atoms with Crippen LogP contribution in [0.15, 0.2) is 0 Å². The molecule has 0 aromatic heterocycles. The van der Waals surface area contributed by atoms with Gasteiger partial charge in [-0.25, -0.2) is 0 Å². The lowest BCUT2D eigenvalue weighted by molar-refractivity contribution is -0.138. The normalized spacial score (nSPS) is 27.1. The third-order valence-electron chi connectivity index (χ3n) is 3.78. The number of Topliss-reactive ketones (excluding diaryl/α,β-unsaturated/α-hetero) is 1. The quantitative estimate of drug-likeness (QED) is 0.664. The highest BCUT2D eigenvalue weighted by atomic mass is 16.1. The number of carbonyl (C=O) groups is 1. The molecule has 0 unspecified atom stereocenters. The van der Waals surface area contributed by atoms with Crippen molar-refractivity contribution in [3.8, 4) is 0 Å². The highest BCUT2D eigenvalue weighted by Gasteiger charge is 2.40. The second kappa shape index (κ2) is 4.25. The molecule has 0 saturated carbocycles. The molecule has 0 aromatic rings. The van der Waals surface area contributed by atoms with Crippen molar-refractivity contribution in [1.29, 1.82) is 0 Å². The van der Waals surface area contributed by atoms with Crippen LogP contribution in [0.4, 0.5) is 0 Å². The third kappa shape index (κ3) is 2.81. The molecule has 0 aromatic carbocycles. The predicted octanol–water partition coefficient (Wildman–Crippen LogP) is 2.72. The molecule has 0 N–H and O–H groups in total. The van der Waals surface area contributed by atoms with Crippen molar-refractivity contribution in [2.75, 3.05) is 19.6 Å². The van der Waals surface area contributed by atoms with Gasteiger partial charge in [-0.05, 0) is 32.5 Å². The van der Waals surface area contributed by atoms with E-state index in [-0.39, 0.29) is 10.8 Å². The third-order valence-corrected chi connectivity index (χ3v) is 3.78. The highest BCUT2D eigenvalue weighted by Crippen LogP contribution is 2.36. The van der Waals surface area contributed by atoms with E-state index in [1.807, 2.05) is 0 Å². The smallest absolute Gasteiger partial charge is 0.144 e. The molecule has 1 heterocycles. The number of nitrogens with zero attached hydrogens (tertiary/aromatic N) is 1. The van der Waals surface area contributed by atoms with E-state index in [4.69, 9.17) is 0 Å². The maximum atomic E-state index is 12.3. The summed E-state index contributed by atoms with van der Waals surface area (Å²) in [5.41, 5.74) is -0.311. The topological polar surface area (TPSA) is 20.3 Å². The lowest BCUT2D eigenvalue weighted by Crippen LogP contribution is -2.44. The zero-order valence-corrected chi connectivity index (χ0v) is 10.9. The van der Waals surface area contributed by atoms with Gasteiger partial charge in [-0.1, -0.05) is 34.6 Å². The molecule has 1 fully saturated rings. The van der Waals surface area contributed by atoms with Gasteiger partial charge in [0.05, 0.1) is 0 Å². The van der Waals surface area contributed by atoms with Gasteiger partial charge >= 0.3 is 0 Å². The summed E-state index contributed by atoms with van der Waals surface area (Å²) in [4.78, 5) is 14.8. The first-order chi connectivity index (χ1) is 6.79. The Balaban J connectivity index is 2.84. The number of carbonyl (C=O) groups excluding carboxylic acids is 1. The maximum Gasteiger partial charge on any atom is 0.144 e. The van der Waals surface area contributed by atoms with Gasteiger partial charge in [0.15, 0.2) is 0 Å². The Labute approximate surface area is 94.0 Å². The van der Waals surface area contributed by atoms with Crippen LogP contribution in [-0.2, 0) is 4.79 Å². The van der Waals surface area contributed by atoms with E-state index in [1.54, 1.807) is 0 Å². The first-order valence-electron chi connectivity index (χ1n) is 6.07. The summed E-state index contributed by atoms with van der Waals surface area (Å²) in [6.45, 7) is 13.8. The van der Waals surface area contributed by atoms with E-state index in [0.717, 1.165) is 32.5 Å². The molecule has 1 aliphatic heterocycles. The van der Waals surface area contributed by atoms with Gasteiger partial charge < -0.3 is 4.90 Å². The van der Waals surface area contributed by atoms with Crippen LogP contribution >= 0.6 is 0 Å². The number of rotatable bonds is 1. The lowest BCUT2D eigenvalue weighted by atomic mass is 9.69. The monoisotopic (exact) mass is 211 g/mol. The van der Waals surface area contributed by atoms with Crippen molar-refractivity contribution in [3.05, 3.63) is 0 Å². The van der Waals surface area contributed by atoms with Crippen LogP contribution in [0.5, 0.6) is 0 Å². The molecular weight excluding hydrogens is 186 g/mol. The fourth-order valence-corrected chi connectivity index (χ4v) is 2.45. The van der Waals surface area contributed by atoms with E-state index in [2.05, 4.69) is 39.5 Å². The summed E-state index contributed by atoms with van der Waals surface area (Å²) >= 11 is 0. The Morgan fingerprint density at radius 1 is 1.07 bits per heavy atom. The molecule has 88 valence electrons.